The standard InChI is InChI=1S/C15H22N2O2/c1-12-11-19-13(2)9-17(12)10-15(18)16-8-14-6-4-3-5-7-14/h3-7,12-13H,8-11H2,1-2H3,(H,16,18). The van der Waals surface area contributed by atoms with Crippen LogP contribution in [0.5, 0.6) is 0 Å². The lowest BCUT2D eigenvalue weighted by Crippen LogP contribution is -2.50. The Hall–Kier alpha value is -1.39. The lowest BCUT2D eigenvalue weighted by molar-refractivity contribution is -0.126. The third kappa shape index (κ3) is 4.33. The van der Waals surface area contributed by atoms with Gasteiger partial charge in [0.2, 0.25) is 5.91 Å². The van der Waals surface area contributed by atoms with Gasteiger partial charge in [-0.3, -0.25) is 9.69 Å². The normalized spacial score (nSPS) is 24.1. The number of nitrogens with zero attached hydrogens (tertiary/aromatic N) is 1. The van der Waals surface area contributed by atoms with E-state index in [0.29, 0.717) is 25.7 Å². The van der Waals surface area contributed by atoms with Crippen LogP contribution in [0.15, 0.2) is 30.3 Å². The summed E-state index contributed by atoms with van der Waals surface area (Å²) in [5.74, 6) is 0.0739. The predicted molar refractivity (Wildman–Crippen MR) is 74.7 cm³/mol. The number of nitrogens with one attached hydrogen (secondary N) is 1. The molecule has 1 aromatic rings. The van der Waals surface area contributed by atoms with Gasteiger partial charge in [0, 0.05) is 19.1 Å². The summed E-state index contributed by atoms with van der Waals surface area (Å²) >= 11 is 0. The van der Waals surface area contributed by atoms with E-state index in [1.54, 1.807) is 0 Å². The summed E-state index contributed by atoms with van der Waals surface area (Å²) in [7, 11) is 0. The molecule has 1 aliphatic heterocycles. The van der Waals surface area contributed by atoms with Crippen molar-refractivity contribution in [2.45, 2.75) is 32.5 Å². The molecule has 104 valence electrons. The number of amides is 1. The molecule has 1 heterocycles. The van der Waals surface area contributed by atoms with Gasteiger partial charge in [-0.1, -0.05) is 30.3 Å². The molecule has 0 saturated carbocycles. The molecule has 0 aliphatic carbocycles. The molecule has 1 saturated heterocycles. The second-order valence-corrected chi connectivity index (χ2v) is 5.18. The van der Waals surface area contributed by atoms with Crippen LogP contribution in [0.1, 0.15) is 19.4 Å². The van der Waals surface area contributed by atoms with Crippen LogP contribution in [0.25, 0.3) is 0 Å². The number of benzene rings is 1. The molecular formula is C15H22N2O2. The first kappa shape index (κ1) is 14.0. The van der Waals surface area contributed by atoms with Crippen molar-refractivity contribution in [1.29, 1.82) is 0 Å². The van der Waals surface area contributed by atoms with Crippen LogP contribution in [0.3, 0.4) is 0 Å². The molecule has 4 heteroatoms. The molecule has 19 heavy (non-hydrogen) atoms. The summed E-state index contributed by atoms with van der Waals surface area (Å²) in [6.07, 6.45) is 0.207. The average Bonchev–Trinajstić information content (AvgIpc) is 2.42. The highest BCUT2D eigenvalue weighted by molar-refractivity contribution is 5.78. The summed E-state index contributed by atoms with van der Waals surface area (Å²) in [4.78, 5) is 14.1. The van der Waals surface area contributed by atoms with E-state index in [9.17, 15) is 4.79 Å². The van der Waals surface area contributed by atoms with Crippen LogP contribution in [-0.2, 0) is 16.1 Å². The van der Waals surface area contributed by atoms with Gasteiger partial charge in [-0.15, -0.1) is 0 Å². The zero-order chi connectivity index (χ0) is 13.7. The third-order valence-electron chi connectivity index (χ3n) is 3.42. The minimum Gasteiger partial charge on any atom is -0.376 e. The van der Waals surface area contributed by atoms with Crippen LogP contribution in [0.2, 0.25) is 0 Å². The Morgan fingerprint density at radius 1 is 1.37 bits per heavy atom. The average molecular weight is 262 g/mol. The minimum absolute atomic E-state index is 0.0739. The topological polar surface area (TPSA) is 41.6 Å². The van der Waals surface area contributed by atoms with E-state index < -0.39 is 0 Å². The Morgan fingerprint density at radius 2 is 2.11 bits per heavy atom. The molecular weight excluding hydrogens is 240 g/mol. The first-order valence-electron chi connectivity index (χ1n) is 6.81. The summed E-state index contributed by atoms with van der Waals surface area (Å²) < 4.78 is 5.56. The van der Waals surface area contributed by atoms with Crippen LogP contribution < -0.4 is 5.32 Å². The second kappa shape index (κ2) is 6.68. The van der Waals surface area contributed by atoms with Gasteiger partial charge in [-0.2, -0.15) is 0 Å². The summed E-state index contributed by atoms with van der Waals surface area (Å²) in [5, 5.41) is 2.96. The molecule has 1 fully saturated rings. The lowest BCUT2D eigenvalue weighted by Gasteiger charge is -2.36. The van der Waals surface area contributed by atoms with E-state index in [1.807, 2.05) is 37.3 Å². The fraction of sp³-hybridized carbons (Fsp3) is 0.533. The van der Waals surface area contributed by atoms with Crippen LogP contribution >= 0.6 is 0 Å². The first-order valence-corrected chi connectivity index (χ1v) is 6.81. The SMILES string of the molecule is CC1CN(CC(=O)NCc2ccccc2)C(C)CO1. The van der Waals surface area contributed by atoms with Crippen molar-refractivity contribution in [1.82, 2.24) is 10.2 Å². The van der Waals surface area contributed by atoms with Crippen molar-refractivity contribution in [2.24, 2.45) is 0 Å². The molecule has 2 atom stereocenters. The van der Waals surface area contributed by atoms with E-state index in [4.69, 9.17) is 4.74 Å². The van der Waals surface area contributed by atoms with E-state index >= 15 is 0 Å². The fourth-order valence-electron chi connectivity index (χ4n) is 2.23. The van der Waals surface area contributed by atoms with Gasteiger partial charge in [0.1, 0.15) is 0 Å². The number of carbonyl (C=O) groups excluding carboxylic acids is 1. The number of rotatable bonds is 4. The van der Waals surface area contributed by atoms with E-state index in [0.717, 1.165) is 12.1 Å². The first-order chi connectivity index (χ1) is 9.15. The highest BCUT2D eigenvalue weighted by Gasteiger charge is 2.24. The van der Waals surface area contributed by atoms with Crippen molar-refractivity contribution >= 4 is 5.91 Å². The fourth-order valence-corrected chi connectivity index (χ4v) is 2.23. The van der Waals surface area contributed by atoms with Crippen LogP contribution in [0, 0.1) is 0 Å². The van der Waals surface area contributed by atoms with Crippen molar-refractivity contribution in [3.05, 3.63) is 35.9 Å². The predicted octanol–water partition coefficient (Wildman–Crippen LogP) is 1.41. The third-order valence-corrected chi connectivity index (χ3v) is 3.42. The van der Waals surface area contributed by atoms with E-state index in [-0.39, 0.29) is 12.0 Å². The largest absolute Gasteiger partial charge is 0.376 e. The zero-order valence-electron chi connectivity index (χ0n) is 11.6. The molecule has 1 N–H and O–H groups in total. The molecule has 2 rings (SSSR count). The van der Waals surface area contributed by atoms with Crippen LogP contribution in [-0.4, -0.2) is 42.6 Å². The number of hydrogen-bond acceptors (Lipinski definition) is 3. The minimum atomic E-state index is 0.0739. The molecule has 1 amide bonds. The van der Waals surface area contributed by atoms with Crippen molar-refractivity contribution in [3.8, 4) is 0 Å². The van der Waals surface area contributed by atoms with Crippen LogP contribution in [0.4, 0.5) is 0 Å². The maximum absolute atomic E-state index is 11.9. The maximum atomic E-state index is 11.9. The smallest absolute Gasteiger partial charge is 0.234 e. The lowest BCUT2D eigenvalue weighted by atomic mass is 10.2. The Bertz CT molecular complexity index is 408. The van der Waals surface area contributed by atoms with E-state index in [2.05, 4.69) is 17.1 Å². The quantitative estimate of drug-likeness (QED) is 0.892. The molecule has 0 bridgehead atoms. The number of morpholine rings is 1. The summed E-state index contributed by atoms with van der Waals surface area (Å²) in [5.41, 5.74) is 1.12. The van der Waals surface area contributed by atoms with Gasteiger partial charge in [0.25, 0.3) is 0 Å². The monoisotopic (exact) mass is 262 g/mol. The summed E-state index contributed by atoms with van der Waals surface area (Å²) in [6, 6.07) is 10.3. The van der Waals surface area contributed by atoms with Gasteiger partial charge in [0.15, 0.2) is 0 Å². The van der Waals surface area contributed by atoms with E-state index in [1.165, 1.54) is 0 Å². The maximum Gasteiger partial charge on any atom is 0.234 e. The molecule has 0 radical (unpaired) electrons. The molecule has 1 aromatic carbocycles. The number of ether oxygens (including phenoxy) is 1. The van der Waals surface area contributed by atoms with Gasteiger partial charge in [-0.05, 0) is 19.4 Å². The zero-order valence-corrected chi connectivity index (χ0v) is 11.6. The van der Waals surface area contributed by atoms with Crippen molar-refractivity contribution < 1.29 is 9.53 Å². The Labute approximate surface area is 114 Å². The van der Waals surface area contributed by atoms with Crippen molar-refractivity contribution in [2.75, 3.05) is 19.7 Å². The Kier molecular flexibility index (Phi) is 4.93. The van der Waals surface area contributed by atoms with Crippen molar-refractivity contribution in [3.63, 3.8) is 0 Å². The molecule has 2 unspecified atom stereocenters. The number of hydrogen-bond donors (Lipinski definition) is 1. The Balaban J connectivity index is 1.77. The van der Waals surface area contributed by atoms with Gasteiger partial charge in [0.05, 0.1) is 19.3 Å². The molecule has 4 nitrogen and oxygen atoms in total. The Morgan fingerprint density at radius 3 is 2.84 bits per heavy atom. The van der Waals surface area contributed by atoms with Gasteiger partial charge in [-0.25, -0.2) is 0 Å². The second-order valence-electron chi connectivity index (χ2n) is 5.18. The molecule has 0 spiro atoms. The summed E-state index contributed by atoms with van der Waals surface area (Å²) in [6.45, 7) is 6.69. The molecule has 1 aliphatic rings. The highest BCUT2D eigenvalue weighted by Crippen LogP contribution is 2.10. The highest BCUT2D eigenvalue weighted by atomic mass is 16.5. The van der Waals surface area contributed by atoms with Gasteiger partial charge >= 0.3 is 0 Å². The molecule has 0 aromatic heterocycles. The van der Waals surface area contributed by atoms with Gasteiger partial charge < -0.3 is 10.1 Å². The number of carbonyl (C=O) groups is 1.